The molecule has 0 amide bonds. The number of rotatable bonds is 7. The summed E-state index contributed by atoms with van der Waals surface area (Å²) >= 11 is 1.59. The first-order chi connectivity index (χ1) is 13.2. The first-order valence-electron chi connectivity index (χ1n) is 9.01. The van der Waals surface area contributed by atoms with Gasteiger partial charge in [0.15, 0.2) is 5.16 Å². The van der Waals surface area contributed by atoms with Crippen LogP contribution in [-0.2, 0) is 0 Å². The highest BCUT2D eigenvalue weighted by atomic mass is 32.2. The normalized spacial score (nSPS) is 14.0. The Hall–Kier alpha value is -2.74. The molecule has 1 fully saturated rings. The molecule has 0 saturated carbocycles. The van der Waals surface area contributed by atoms with E-state index in [-0.39, 0.29) is 5.56 Å². The van der Waals surface area contributed by atoms with Crippen molar-refractivity contribution in [2.24, 2.45) is 0 Å². The predicted molar refractivity (Wildman–Crippen MR) is 108 cm³/mol. The van der Waals surface area contributed by atoms with Crippen molar-refractivity contribution in [3.63, 3.8) is 0 Å². The Bertz CT molecular complexity index is 919. The topological polar surface area (TPSA) is 94.1 Å². The maximum absolute atomic E-state index is 11.5. The molecule has 0 spiro atoms. The number of thioether (sulfide) groups is 1. The molecular formula is C19H21N5O2S. The number of aromatic nitrogens is 3. The van der Waals surface area contributed by atoms with Crippen LogP contribution in [0.3, 0.4) is 0 Å². The highest BCUT2D eigenvalue weighted by Gasteiger charge is 2.17. The van der Waals surface area contributed by atoms with Crippen molar-refractivity contribution in [3.8, 4) is 0 Å². The molecule has 27 heavy (non-hydrogen) atoms. The lowest BCUT2D eigenvalue weighted by Crippen LogP contribution is -2.20. The maximum atomic E-state index is 11.5. The number of hydrogen-bond acceptors (Lipinski definition) is 6. The van der Waals surface area contributed by atoms with Crippen LogP contribution >= 0.6 is 11.8 Å². The molecule has 3 aromatic rings. The Balaban J connectivity index is 1.40. The van der Waals surface area contributed by atoms with Crippen molar-refractivity contribution in [2.75, 3.05) is 35.6 Å². The number of aromatic amines is 1. The lowest BCUT2D eigenvalue weighted by molar-refractivity contribution is 0.0697. The molecule has 0 aliphatic carbocycles. The van der Waals surface area contributed by atoms with Gasteiger partial charge in [-0.3, -0.25) is 0 Å². The van der Waals surface area contributed by atoms with Crippen molar-refractivity contribution < 1.29 is 9.90 Å². The molecule has 1 aliphatic rings. The highest BCUT2D eigenvalue weighted by Crippen LogP contribution is 2.23. The molecule has 4 rings (SSSR count). The Kier molecular flexibility index (Phi) is 5.15. The molecule has 1 aliphatic heterocycles. The van der Waals surface area contributed by atoms with Gasteiger partial charge in [0.1, 0.15) is 17.2 Å². The van der Waals surface area contributed by atoms with Gasteiger partial charge in [-0.05, 0) is 37.1 Å². The van der Waals surface area contributed by atoms with E-state index < -0.39 is 5.97 Å². The van der Waals surface area contributed by atoms with Crippen LogP contribution in [0.5, 0.6) is 0 Å². The highest BCUT2D eigenvalue weighted by molar-refractivity contribution is 7.99. The molecule has 8 heteroatoms. The molecule has 1 saturated heterocycles. The van der Waals surface area contributed by atoms with Gasteiger partial charge >= 0.3 is 5.97 Å². The molecule has 0 radical (unpaired) electrons. The molecule has 7 nitrogen and oxygen atoms in total. The Morgan fingerprint density at radius 2 is 2.00 bits per heavy atom. The van der Waals surface area contributed by atoms with Crippen molar-refractivity contribution in [3.05, 3.63) is 42.0 Å². The van der Waals surface area contributed by atoms with E-state index in [0.29, 0.717) is 12.4 Å². The fraction of sp³-hybridized carbons (Fsp3) is 0.316. The summed E-state index contributed by atoms with van der Waals surface area (Å²) in [6.45, 7) is 2.54. The predicted octanol–water partition coefficient (Wildman–Crippen LogP) is 3.46. The van der Waals surface area contributed by atoms with Gasteiger partial charge in [-0.15, -0.1) is 0 Å². The third-order valence-electron chi connectivity index (χ3n) is 4.54. The molecule has 0 bridgehead atoms. The number of fused-ring (bicyclic) bond motifs is 1. The largest absolute Gasteiger partial charge is 0.478 e. The van der Waals surface area contributed by atoms with Crippen LogP contribution in [0.25, 0.3) is 11.0 Å². The molecule has 1 aromatic carbocycles. The van der Waals surface area contributed by atoms with Gasteiger partial charge in [0.25, 0.3) is 0 Å². The van der Waals surface area contributed by atoms with E-state index in [1.165, 1.54) is 0 Å². The van der Waals surface area contributed by atoms with Gasteiger partial charge in [0, 0.05) is 25.4 Å². The van der Waals surface area contributed by atoms with Crippen molar-refractivity contribution in [1.29, 1.82) is 0 Å². The van der Waals surface area contributed by atoms with Gasteiger partial charge in [-0.2, -0.15) is 0 Å². The smallest absolute Gasteiger partial charge is 0.339 e. The van der Waals surface area contributed by atoms with Crippen LogP contribution in [-0.4, -0.2) is 51.4 Å². The number of pyridine rings is 1. The second kappa shape index (κ2) is 7.87. The lowest BCUT2D eigenvalue weighted by Gasteiger charge is -2.18. The minimum atomic E-state index is -0.970. The molecule has 0 unspecified atom stereocenters. The minimum absolute atomic E-state index is 0.201. The van der Waals surface area contributed by atoms with Gasteiger partial charge in [0.2, 0.25) is 0 Å². The Morgan fingerprint density at radius 1 is 1.19 bits per heavy atom. The fourth-order valence-electron chi connectivity index (χ4n) is 3.19. The van der Waals surface area contributed by atoms with Gasteiger partial charge in [0.05, 0.1) is 11.0 Å². The number of carboxylic acids is 1. The number of nitrogens with one attached hydrogen (secondary N) is 2. The lowest BCUT2D eigenvalue weighted by atomic mass is 10.2. The first kappa shape index (κ1) is 17.7. The summed E-state index contributed by atoms with van der Waals surface area (Å²) in [5.74, 6) is 1.04. The van der Waals surface area contributed by atoms with Crippen molar-refractivity contribution in [1.82, 2.24) is 15.0 Å². The van der Waals surface area contributed by atoms with Crippen LogP contribution < -0.4 is 10.2 Å². The van der Waals surface area contributed by atoms with Gasteiger partial charge < -0.3 is 20.3 Å². The average Bonchev–Trinajstić information content (AvgIpc) is 3.34. The summed E-state index contributed by atoms with van der Waals surface area (Å²) in [6.07, 6.45) is 2.30. The first-order valence-corrected chi connectivity index (χ1v) is 10.00. The van der Waals surface area contributed by atoms with Crippen LogP contribution in [0.15, 0.2) is 41.6 Å². The summed E-state index contributed by atoms with van der Waals surface area (Å²) in [6, 6.07) is 11.3. The van der Waals surface area contributed by atoms with Gasteiger partial charge in [-0.1, -0.05) is 23.9 Å². The number of carboxylic acid groups (broad SMARTS) is 1. The zero-order valence-corrected chi connectivity index (χ0v) is 15.6. The quantitative estimate of drug-likeness (QED) is 0.425. The minimum Gasteiger partial charge on any atom is -0.478 e. The molecule has 2 aromatic heterocycles. The molecule has 0 atom stereocenters. The number of carbonyl (C=O) groups is 1. The number of nitrogens with zero attached hydrogens (tertiary/aromatic N) is 3. The SMILES string of the molecule is O=C(O)c1ccc(N2CCCC2)nc1NCCSc1nc2ccccc2[nH]1. The monoisotopic (exact) mass is 383 g/mol. The van der Waals surface area contributed by atoms with Crippen LogP contribution in [0.2, 0.25) is 0 Å². The summed E-state index contributed by atoms with van der Waals surface area (Å²) in [5.41, 5.74) is 2.16. The number of H-pyrrole nitrogens is 1. The number of para-hydroxylation sites is 2. The number of aromatic carboxylic acids is 1. The zero-order valence-electron chi connectivity index (χ0n) is 14.8. The van der Waals surface area contributed by atoms with E-state index in [1.54, 1.807) is 23.9 Å². The number of benzene rings is 1. The standard InChI is InChI=1S/C19H21N5O2S/c25-18(26)13-7-8-16(24-10-3-4-11-24)23-17(13)20-9-12-27-19-21-14-5-1-2-6-15(14)22-19/h1-2,5-8H,3-4,9-12H2,(H,20,23)(H,21,22)(H,25,26). The second-order valence-corrected chi connectivity index (χ2v) is 7.48. The maximum Gasteiger partial charge on any atom is 0.339 e. The van der Waals surface area contributed by atoms with Crippen LogP contribution in [0.4, 0.5) is 11.6 Å². The van der Waals surface area contributed by atoms with E-state index in [4.69, 9.17) is 0 Å². The van der Waals surface area contributed by atoms with E-state index in [9.17, 15) is 9.90 Å². The fourth-order valence-corrected chi connectivity index (χ4v) is 3.94. The van der Waals surface area contributed by atoms with Crippen LogP contribution in [0.1, 0.15) is 23.2 Å². The molecule has 3 N–H and O–H groups in total. The van der Waals surface area contributed by atoms with Crippen molar-refractivity contribution >= 4 is 40.4 Å². The summed E-state index contributed by atoms with van der Waals surface area (Å²) in [7, 11) is 0. The van der Waals surface area contributed by atoms with E-state index in [1.807, 2.05) is 24.3 Å². The third-order valence-corrected chi connectivity index (χ3v) is 5.42. The number of imidazole rings is 1. The molecule has 3 heterocycles. The second-order valence-electron chi connectivity index (χ2n) is 6.40. The van der Waals surface area contributed by atoms with Crippen LogP contribution in [0, 0.1) is 0 Å². The summed E-state index contributed by atoms with van der Waals surface area (Å²) < 4.78 is 0. The Labute approximate surface area is 161 Å². The molecule has 140 valence electrons. The zero-order chi connectivity index (χ0) is 18.6. The van der Waals surface area contributed by atoms with Gasteiger partial charge in [-0.25, -0.2) is 14.8 Å². The Morgan fingerprint density at radius 3 is 2.78 bits per heavy atom. The van der Waals surface area contributed by atoms with Crippen molar-refractivity contribution in [2.45, 2.75) is 18.0 Å². The average molecular weight is 383 g/mol. The summed E-state index contributed by atoms with van der Waals surface area (Å²) in [5, 5.41) is 13.5. The van der Waals surface area contributed by atoms with E-state index in [2.05, 4.69) is 25.2 Å². The number of hydrogen-bond donors (Lipinski definition) is 3. The number of anilines is 2. The van der Waals surface area contributed by atoms with E-state index >= 15 is 0 Å². The van der Waals surface area contributed by atoms with E-state index in [0.717, 1.165) is 53.7 Å². The molecular weight excluding hydrogens is 362 g/mol. The summed E-state index contributed by atoms with van der Waals surface area (Å²) in [4.78, 5) is 26.1. The third kappa shape index (κ3) is 4.00.